The summed E-state index contributed by atoms with van der Waals surface area (Å²) >= 11 is 4.34. The van der Waals surface area contributed by atoms with Gasteiger partial charge in [0.2, 0.25) is 5.69 Å². The quantitative estimate of drug-likeness (QED) is 0.831. The van der Waals surface area contributed by atoms with Crippen molar-refractivity contribution in [3.63, 3.8) is 0 Å². The summed E-state index contributed by atoms with van der Waals surface area (Å²) < 4.78 is 8.21. The highest BCUT2D eigenvalue weighted by molar-refractivity contribution is 9.10. The molecule has 2 N–H and O–H groups in total. The molecule has 20 heavy (non-hydrogen) atoms. The molecule has 0 aliphatic carbocycles. The molecule has 0 aliphatic heterocycles. The van der Waals surface area contributed by atoms with Gasteiger partial charge in [-0.2, -0.15) is 5.26 Å². The second kappa shape index (κ2) is 5.78. The molecular weight excluding hydrogens is 344 g/mol. The van der Waals surface area contributed by atoms with Crippen molar-refractivity contribution in [2.24, 2.45) is 0 Å². The van der Waals surface area contributed by atoms with E-state index in [-0.39, 0.29) is 5.56 Å². The Morgan fingerprint density at radius 3 is 2.95 bits per heavy atom. The van der Waals surface area contributed by atoms with E-state index in [2.05, 4.69) is 30.5 Å². The average Bonchev–Trinajstić information content (AvgIpc) is 2.78. The molecule has 0 bridgehead atoms. The minimum absolute atomic E-state index is 0.0197. The number of aromatic amines is 1. The summed E-state index contributed by atoms with van der Waals surface area (Å²) in [6.45, 7) is 7.13. The molecule has 0 spiro atoms. The Balaban J connectivity index is 2.45. The molecule has 2 rings (SSSR count). The normalized spacial score (nSPS) is 9.60. The van der Waals surface area contributed by atoms with Crippen LogP contribution < -0.4 is 15.6 Å². The van der Waals surface area contributed by atoms with Crippen LogP contribution in [0, 0.1) is 17.9 Å². The highest BCUT2D eigenvalue weighted by Gasteiger charge is 2.13. The molecule has 0 saturated carbocycles. The fourth-order valence-electron chi connectivity index (χ4n) is 1.56. The van der Waals surface area contributed by atoms with Crippen molar-refractivity contribution in [3.8, 4) is 11.8 Å². The maximum absolute atomic E-state index is 11.4. The third-order valence-corrected chi connectivity index (χ3v) is 3.80. The second-order valence-electron chi connectivity index (χ2n) is 3.60. The average molecular weight is 351 g/mol. The number of nitriles is 1. The number of hydrogen-bond acceptors (Lipinski definition) is 5. The van der Waals surface area contributed by atoms with Crippen molar-refractivity contribution in [1.82, 2.24) is 4.37 Å². The van der Waals surface area contributed by atoms with Crippen LogP contribution in [0.3, 0.4) is 0 Å². The zero-order valence-electron chi connectivity index (χ0n) is 10.2. The zero-order chi connectivity index (χ0) is 14.7. The van der Waals surface area contributed by atoms with E-state index >= 15 is 0 Å². The van der Waals surface area contributed by atoms with Gasteiger partial charge in [0.1, 0.15) is 16.8 Å². The van der Waals surface area contributed by atoms with E-state index in [1.807, 2.05) is 6.07 Å². The minimum atomic E-state index is -0.432. The maximum Gasteiger partial charge on any atom is 0.278 e. The molecule has 0 saturated heterocycles. The van der Waals surface area contributed by atoms with E-state index < -0.39 is 5.56 Å². The number of H-pyrrole nitrogens is 1. The lowest BCUT2D eigenvalue weighted by Crippen LogP contribution is -2.02. The summed E-state index contributed by atoms with van der Waals surface area (Å²) in [5, 5.41) is 12.3. The summed E-state index contributed by atoms with van der Waals surface area (Å²) in [4.78, 5) is 14.7. The van der Waals surface area contributed by atoms with Gasteiger partial charge < -0.3 is 10.1 Å². The smallest absolute Gasteiger partial charge is 0.278 e. The zero-order valence-corrected chi connectivity index (χ0v) is 12.6. The molecule has 0 radical (unpaired) electrons. The Morgan fingerprint density at radius 2 is 2.35 bits per heavy atom. The highest BCUT2D eigenvalue weighted by atomic mass is 79.9. The molecule has 0 amide bonds. The van der Waals surface area contributed by atoms with Crippen molar-refractivity contribution in [2.75, 3.05) is 12.4 Å². The highest BCUT2D eigenvalue weighted by Crippen LogP contribution is 2.39. The minimum Gasteiger partial charge on any atom is -0.507 e. The molecular formula is C12H7BrN4O2S. The van der Waals surface area contributed by atoms with E-state index in [1.54, 1.807) is 12.1 Å². The van der Waals surface area contributed by atoms with Crippen LogP contribution in [0.1, 0.15) is 5.56 Å². The Bertz CT molecular complexity index is 797. The van der Waals surface area contributed by atoms with Gasteiger partial charge in [-0.05, 0) is 39.6 Å². The summed E-state index contributed by atoms with van der Waals surface area (Å²) in [7, 11) is 1.48. The standard InChI is InChI=1S/C12H7BrN4O2S/c1-15-9-4-6(3-8(13)10(9)19-2)16-12-7(5-14)11(18)17-20-12/h3-4,16H,2H3,(H,17,18). The Labute approximate surface area is 126 Å². The topological polar surface area (TPSA) is 82.3 Å². The molecule has 0 aliphatic rings. The second-order valence-corrected chi connectivity index (χ2v) is 5.27. The van der Waals surface area contributed by atoms with Gasteiger partial charge >= 0.3 is 0 Å². The number of benzene rings is 1. The molecule has 0 fully saturated rings. The Kier molecular flexibility index (Phi) is 4.08. The third-order valence-electron chi connectivity index (χ3n) is 2.42. The first-order valence-corrected chi connectivity index (χ1v) is 6.85. The van der Waals surface area contributed by atoms with Crippen molar-refractivity contribution >= 4 is 43.8 Å². The van der Waals surface area contributed by atoms with Crippen LogP contribution in [-0.4, -0.2) is 11.5 Å². The number of nitrogens with one attached hydrogen (secondary N) is 2. The number of ether oxygens (including phenoxy) is 1. The van der Waals surface area contributed by atoms with Crippen LogP contribution in [0.4, 0.5) is 16.4 Å². The number of anilines is 2. The summed E-state index contributed by atoms with van der Waals surface area (Å²) in [6, 6.07) is 5.13. The molecule has 0 atom stereocenters. The first-order valence-electron chi connectivity index (χ1n) is 5.24. The van der Waals surface area contributed by atoms with Gasteiger partial charge in [0.05, 0.1) is 18.2 Å². The Morgan fingerprint density at radius 1 is 1.60 bits per heavy atom. The van der Waals surface area contributed by atoms with Gasteiger partial charge in [0, 0.05) is 5.69 Å². The molecule has 100 valence electrons. The number of hydrogen-bond donors (Lipinski definition) is 2. The van der Waals surface area contributed by atoms with Gasteiger partial charge in [-0.1, -0.05) is 0 Å². The summed E-state index contributed by atoms with van der Waals surface area (Å²) in [6.07, 6.45) is 0. The first-order chi connectivity index (χ1) is 9.60. The number of nitrogens with zero attached hydrogens (tertiary/aromatic N) is 2. The number of aromatic nitrogens is 1. The van der Waals surface area contributed by atoms with Gasteiger partial charge in [0.15, 0.2) is 5.56 Å². The molecule has 0 unspecified atom stereocenters. The first kappa shape index (κ1) is 14.1. The molecule has 1 heterocycles. The number of halogens is 1. The van der Waals surface area contributed by atoms with Gasteiger partial charge in [-0.15, -0.1) is 0 Å². The predicted molar refractivity (Wildman–Crippen MR) is 79.9 cm³/mol. The van der Waals surface area contributed by atoms with Crippen molar-refractivity contribution in [1.29, 1.82) is 5.26 Å². The SMILES string of the molecule is [C-]#[N+]c1cc(Nc2s[nH]c(=O)c2C#N)cc(Br)c1OC. The monoisotopic (exact) mass is 350 g/mol. The van der Waals surface area contributed by atoms with Gasteiger partial charge in [0.25, 0.3) is 5.56 Å². The third kappa shape index (κ3) is 2.52. The van der Waals surface area contributed by atoms with E-state index in [4.69, 9.17) is 16.6 Å². The van der Waals surface area contributed by atoms with Gasteiger partial charge in [-0.3, -0.25) is 9.17 Å². The lowest BCUT2D eigenvalue weighted by molar-refractivity contribution is 0.415. The van der Waals surface area contributed by atoms with E-state index in [0.29, 0.717) is 26.6 Å². The largest absolute Gasteiger partial charge is 0.507 e. The lowest BCUT2D eigenvalue weighted by atomic mass is 10.2. The molecule has 2 aromatic rings. The van der Waals surface area contributed by atoms with Crippen LogP contribution in [0.5, 0.6) is 5.75 Å². The molecule has 6 nitrogen and oxygen atoms in total. The van der Waals surface area contributed by atoms with Crippen molar-refractivity contribution < 1.29 is 4.74 Å². The van der Waals surface area contributed by atoms with Crippen LogP contribution in [0.2, 0.25) is 0 Å². The lowest BCUT2D eigenvalue weighted by Gasteiger charge is -2.10. The molecule has 1 aromatic carbocycles. The Hall–Kier alpha value is -2.29. The summed E-state index contributed by atoms with van der Waals surface area (Å²) in [5.74, 6) is 0.438. The van der Waals surface area contributed by atoms with E-state index in [9.17, 15) is 4.79 Å². The molecule has 1 aromatic heterocycles. The van der Waals surface area contributed by atoms with Crippen molar-refractivity contribution in [3.05, 3.63) is 43.9 Å². The van der Waals surface area contributed by atoms with Crippen LogP contribution in [-0.2, 0) is 0 Å². The maximum atomic E-state index is 11.4. The number of rotatable bonds is 3. The fourth-order valence-corrected chi connectivity index (χ4v) is 2.88. The van der Waals surface area contributed by atoms with Crippen molar-refractivity contribution in [2.45, 2.75) is 0 Å². The van der Waals surface area contributed by atoms with E-state index in [0.717, 1.165) is 11.5 Å². The van der Waals surface area contributed by atoms with Crippen LogP contribution >= 0.6 is 27.5 Å². The molecule has 8 heteroatoms. The van der Waals surface area contributed by atoms with Crippen LogP contribution in [0.25, 0.3) is 4.85 Å². The number of methoxy groups -OCH3 is 1. The van der Waals surface area contributed by atoms with E-state index in [1.165, 1.54) is 7.11 Å². The summed E-state index contributed by atoms with van der Waals surface area (Å²) in [5.41, 5.74) is 0.491. The fraction of sp³-hybridized carbons (Fsp3) is 0.0833. The van der Waals surface area contributed by atoms with Gasteiger partial charge in [-0.25, -0.2) is 4.85 Å². The predicted octanol–water partition coefficient (Wildman–Crippen LogP) is 3.37. The van der Waals surface area contributed by atoms with Crippen LogP contribution in [0.15, 0.2) is 21.4 Å².